The van der Waals surface area contributed by atoms with Crippen LogP contribution in [0.25, 0.3) is 0 Å². The molecule has 0 N–H and O–H groups in total. The smallest absolute Gasteiger partial charge is 0.256 e. The number of aromatic nitrogens is 1. The molecule has 1 aliphatic carbocycles. The predicted octanol–water partition coefficient (Wildman–Crippen LogP) is 4.57. The summed E-state index contributed by atoms with van der Waals surface area (Å²) in [5.74, 6) is 3.14. The van der Waals surface area contributed by atoms with E-state index in [1.165, 1.54) is 6.42 Å². The van der Waals surface area contributed by atoms with Gasteiger partial charge in [-0.15, -0.1) is 11.8 Å². The van der Waals surface area contributed by atoms with E-state index in [-0.39, 0.29) is 5.91 Å². The van der Waals surface area contributed by atoms with Crippen LogP contribution >= 0.6 is 11.8 Å². The number of furan rings is 1. The summed E-state index contributed by atoms with van der Waals surface area (Å²) in [7, 11) is 1.81. The van der Waals surface area contributed by atoms with Crippen LogP contribution in [0.5, 0.6) is 0 Å². The fourth-order valence-corrected chi connectivity index (χ4v) is 3.63. The first kappa shape index (κ1) is 17.1. The minimum Gasteiger partial charge on any atom is -0.464 e. The lowest BCUT2D eigenvalue weighted by Gasteiger charge is -2.17. The molecule has 2 atom stereocenters. The molecule has 128 valence electrons. The molecule has 1 aliphatic rings. The Morgan fingerprint density at radius 1 is 1.42 bits per heavy atom. The highest BCUT2D eigenvalue weighted by Crippen LogP contribution is 2.47. The molecule has 1 fully saturated rings. The molecular formula is C19H24N2O2S. The summed E-state index contributed by atoms with van der Waals surface area (Å²) in [6.07, 6.45) is 2.93. The Labute approximate surface area is 147 Å². The van der Waals surface area contributed by atoms with Crippen molar-refractivity contribution in [1.82, 2.24) is 9.88 Å². The van der Waals surface area contributed by atoms with Crippen molar-refractivity contribution in [3.63, 3.8) is 0 Å². The van der Waals surface area contributed by atoms with E-state index in [1.54, 1.807) is 29.9 Å². The SMILES string of the molecule is CC(C)Sc1ncccc1C(=O)N(C)Cc1ccc([C@H]2C[C@H]2C)o1. The van der Waals surface area contributed by atoms with E-state index in [1.807, 2.05) is 24.3 Å². The van der Waals surface area contributed by atoms with E-state index >= 15 is 0 Å². The summed E-state index contributed by atoms with van der Waals surface area (Å²) < 4.78 is 5.91. The molecule has 0 aliphatic heterocycles. The fourth-order valence-electron chi connectivity index (χ4n) is 2.78. The molecule has 0 saturated heterocycles. The van der Waals surface area contributed by atoms with Crippen LogP contribution in [0, 0.1) is 5.92 Å². The lowest BCUT2D eigenvalue weighted by molar-refractivity contribution is 0.0770. The predicted molar refractivity (Wildman–Crippen MR) is 96.3 cm³/mol. The minimum absolute atomic E-state index is 0.0241. The van der Waals surface area contributed by atoms with Gasteiger partial charge in [-0.1, -0.05) is 20.8 Å². The van der Waals surface area contributed by atoms with Gasteiger partial charge in [0.25, 0.3) is 5.91 Å². The second kappa shape index (κ2) is 7.01. The Balaban J connectivity index is 1.69. The van der Waals surface area contributed by atoms with Crippen LogP contribution in [0.4, 0.5) is 0 Å². The van der Waals surface area contributed by atoms with Crippen molar-refractivity contribution in [2.24, 2.45) is 5.92 Å². The molecule has 4 nitrogen and oxygen atoms in total. The largest absolute Gasteiger partial charge is 0.464 e. The molecule has 0 bridgehead atoms. The lowest BCUT2D eigenvalue weighted by atomic mass is 10.2. The monoisotopic (exact) mass is 344 g/mol. The average molecular weight is 344 g/mol. The zero-order valence-corrected chi connectivity index (χ0v) is 15.5. The second-order valence-electron chi connectivity index (χ2n) is 6.81. The third-order valence-electron chi connectivity index (χ3n) is 4.25. The van der Waals surface area contributed by atoms with E-state index < -0.39 is 0 Å². The summed E-state index contributed by atoms with van der Waals surface area (Å²) in [5.41, 5.74) is 0.654. The highest BCUT2D eigenvalue weighted by atomic mass is 32.2. The standard InChI is InChI=1S/C19H24N2O2S/c1-12(2)24-18-15(6-5-9-20-18)19(22)21(4)11-14-7-8-17(23-14)16-10-13(16)3/h5-9,12-13,16H,10-11H2,1-4H3/t13-,16+/m1/s1. The zero-order chi connectivity index (χ0) is 17.3. The molecule has 1 amide bonds. The quantitative estimate of drug-likeness (QED) is 0.720. The van der Waals surface area contributed by atoms with Gasteiger partial charge in [-0.3, -0.25) is 4.79 Å². The number of carbonyl (C=O) groups excluding carboxylic acids is 1. The van der Waals surface area contributed by atoms with Gasteiger partial charge in [0.05, 0.1) is 12.1 Å². The van der Waals surface area contributed by atoms with Gasteiger partial charge in [-0.25, -0.2) is 4.98 Å². The van der Waals surface area contributed by atoms with Gasteiger partial charge < -0.3 is 9.32 Å². The van der Waals surface area contributed by atoms with Gasteiger partial charge >= 0.3 is 0 Å². The fraction of sp³-hybridized carbons (Fsp3) is 0.474. The molecule has 0 spiro atoms. The van der Waals surface area contributed by atoms with Gasteiger partial charge in [0.2, 0.25) is 0 Å². The molecule has 0 unspecified atom stereocenters. The normalized spacial score (nSPS) is 19.5. The van der Waals surface area contributed by atoms with Crippen LogP contribution in [0.1, 0.15) is 55.0 Å². The molecule has 1 saturated carbocycles. The molecule has 3 rings (SSSR count). The maximum absolute atomic E-state index is 12.8. The van der Waals surface area contributed by atoms with Crippen molar-refractivity contribution in [2.45, 2.75) is 49.9 Å². The third kappa shape index (κ3) is 3.83. The van der Waals surface area contributed by atoms with Crippen molar-refractivity contribution in [2.75, 3.05) is 7.05 Å². The molecule has 2 heterocycles. The Hall–Kier alpha value is -1.75. The first-order valence-corrected chi connectivity index (χ1v) is 9.29. The van der Waals surface area contributed by atoms with Crippen molar-refractivity contribution in [3.8, 4) is 0 Å². The Morgan fingerprint density at radius 3 is 2.83 bits per heavy atom. The van der Waals surface area contributed by atoms with Crippen molar-refractivity contribution >= 4 is 17.7 Å². The van der Waals surface area contributed by atoms with Crippen molar-refractivity contribution in [3.05, 3.63) is 47.5 Å². The summed E-state index contributed by atoms with van der Waals surface area (Å²) in [6.45, 7) is 6.90. The van der Waals surface area contributed by atoms with Gasteiger partial charge in [0.1, 0.15) is 16.5 Å². The number of amides is 1. The number of nitrogens with zero attached hydrogens (tertiary/aromatic N) is 2. The molecule has 0 aromatic carbocycles. The summed E-state index contributed by atoms with van der Waals surface area (Å²) in [4.78, 5) is 18.8. The number of hydrogen-bond donors (Lipinski definition) is 0. The Kier molecular flexibility index (Phi) is 4.99. The van der Waals surface area contributed by atoms with Crippen molar-refractivity contribution < 1.29 is 9.21 Å². The molecule has 2 aromatic heterocycles. The molecular weight excluding hydrogens is 320 g/mol. The molecule has 0 radical (unpaired) electrons. The average Bonchev–Trinajstić information content (AvgIpc) is 3.08. The minimum atomic E-state index is -0.0241. The third-order valence-corrected chi connectivity index (χ3v) is 5.27. The Morgan fingerprint density at radius 2 is 2.17 bits per heavy atom. The maximum atomic E-state index is 12.8. The maximum Gasteiger partial charge on any atom is 0.256 e. The number of pyridine rings is 1. The van der Waals surface area contributed by atoms with Crippen molar-refractivity contribution in [1.29, 1.82) is 0 Å². The lowest BCUT2D eigenvalue weighted by Crippen LogP contribution is -2.26. The van der Waals surface area contributed by atoms with Crippen LogP contribution in [-0.4, -0.2) is 28.1 Å². The van der Waals surface area contributed by atoms with Crippen LogP contribution < -0.4 is 0 Å². The van der Waals surface area contributed by atoms with Gasteiger partial charge in [-0.2, -0.15) is 0 Å². The topological polar surface area (TPSA) is 46.3 Å². The van der Waals surface area contributed by atoms with Gasteiger partial charge in [0, 0.05) is 24.4 Å². The van der Waals surface area contributed by atoms with E-state index in [0.29, 0.717) is 23.3 Å². The summed E-state index contributed by atoms with van der Waals surface area (Å²) in [6, 6.07) is 7.68. The van der Waals surface area contributed by atoms with E-state index in [9.17, 15) is 4.79 Å². The zero-order valence-electron chi connectivity index (χ0n) is 14.7. The van der Waals surface area contributed by atoms with Crippen LogP contribution in [0.15, 0.2) is 39.9 Å². The van der Waals surface area contributed by atoms with Crippen LogP contribution in [0.2, 0.25) is 0 Å². The Bertz CT molecular complexity index is 726. The molecule has 24 heavy (non-hydrogen) atoms. The highest BCUT2D eigenvalue weighted by Gasteiger charge is 2.36. The first-order chi connectivity index (χ1) is 11.5. The number of rotatable bonds is 6. The highest BCUT2D eigenvalue weighted by molar-refractivity contribution is 7.99. The first-order valence-electron chi connectivity index (χ1n) is 8.41. The molecule has 5 heteroatoms. The summed E-state index contributed by atoms with van der Waals surface area (Å²) >= 11 is 1.61. The van der Waals surface area contributed by atoms with E-state index in [2.05, 4.69) is 25.8 Å². The summed E-state index contributed by atoms with van der Waals surface area (Å²) in [5, 5.41) is 1.17. The van der Waals surface area contributed by atoms with E-state index in [0.717, 1.165) is 22.5 Å². The van der Waals surface area contributed by atoms with Gasteiger partial charge in [0.15, 0.2) is 0 Å². The number of thioether (sulfide) groups is 1. The van der Waals surface area contributed by atoms with Gasteiger partial charge in [-0.05, 0) is 36.6 Å². The second-order valence-corrected chi connectivity index (χ2v) is 8.37. The number of carbonyl (C=O) groups is 1. The molecule has 2 aromatic rings. The van der Waals surface area contributed by atoms with Crippen LogP contribution in [-0.2, 0) is 6.54 Å². The van der Waals surface area contributed by atoms with E-state index in [4.69, 9.17) is 4.42 Å². The number of hydrogen-bond acceptors (Lipinski definition) is 4. The van der Waals surface area contributed by atoms with Crippen LogP contribution in [0.3, 0.4) is 0 Å².